The molecule has 0 aromatic carbocycles. The molecule has 0 aliphatic carbocycles. The van der Waals surface area contributed by atoms with E-state index in [0.29, 0.717) is 24.5 Å². The van der Waals surface area contributed by atoms with Gasteiger partial charge in [0.2, 0.25) is 0 Å². The monoisotopic (exact) mass is 287 g/mol. The van der Waals surface area contributed by atoms with Gasteiger partial charge in [0.25, 0.3) is 0 Å². The molecule has 0 saturated carbocycles. The maximum atomic E-state index is 12.4. The zero-order chi connectivity index (χ0) is 13.9. The van der Waals surface area contributed by atoms with E-state index in [1.807, 2.05) is 0 Å². The molecule has 7 nitrogen and oxygen atoms in total. The van der Waals surface area contributed by atoms with Crippen molar-refractivity contribution in [2.24, 2.45) is 12.8 Å². The summed E-state index contributed by atoms with van der Waals surface area (Å²) in [6.07, 6.45) is 5.59. The summed E-state index contributed by atoms with van der Waals surface area (Å²) < 4.78 is 30.3. The second-order valence-electron chi connectivity index (χ2n) is 4.77. The molecule has 19 heavy (non-hydrogen) atoms. The van der Waals surface area contributed by atoms with Crippen LogP contribution in [0.4, 0.5) is 5.82 Å². The number of rotatable bonds is 4. The topological polar surface area (TPSA) is 93.2 Å². The third-order valence-corrected chi connectivity index (χ3v) is 4.86. The van der Waals surface area contributed by atoms with E-state index in [1.165, 1.54) is 8.99 Å². The fourth-order valence-corrected chi connectivity index (χ4v) is 3.61. The molecule has 1 aliphatic rings. The second kappa shape index (κ2) is 5.89. The van der Waals surface area contributed by atoms with E-state index >= 15 is 0 Å². The number of nitrogens with one attached hydrogen (secondary N) is 1. The van der Waals surface area contributed by atoms with Gasteiger partial charge in [-0.15, -0.1) is 0 Å². The zero-order valence-electron chi connectivity index (χ0n) is 11.2. The molecule has 108 valence electrons. The van der Waals surface area contributed by atoms with Gasteiger partial charge in [-0.25, -0.2) is 0 Å². The van der Waals surface area contributed by atoms with Crippen LogP contribution in [0, 0.1) is 0 Å². The molecule has 1 fully saturated rings. The van der Waals surface area contributed by atoms with Crippen molar-refractivity contribution in [3.8, 4) is 0 Å². The predicted octanol–water partition coefficient (Wildman–Crippen LogP) is 0.412. The van der Waals surface area contributed by atoms with Crippen LogP contribution in [-0.2, 0) is 23.8 Å². The molecule has 0 amide bonds. The molecule has 3 N–H and O–H groups in total. The lowest BCUT2D eigenvalue weighted by Crippen LogP contribution is -2.37. The van der Waals surface area contributed by atoms with Gasteiger partial charge in [-0.3, -0.25) is 9.40 Å². The molecule has 8 heteroatoms. The number of hydrogen-bond donors (Lipinski definition) is 2. The molecule has 0 radical (unpaired) electrons. The largest absolute Gasteiger partial charge is 0.326 e. The molecule has 2 heterocycles. The summed E-state index contributed by atoms with van der Waals surface area (Å²) >= 11 is 0. The summed E-state index contributed by atoms with van der Waals surface area (Å²) in [7, 11) is -1.82. The normalized spacial score (nSPS) is 18.2. The van der Waals surface area contributed by atoms with Crippen molar-refractivity contribution in [1.82, 2.24) is 14.1 Å². The molecule has 0 unspecified atom stereocenters. The van der Waals surface area contributed by atoms with Gasteiger partial charge in [0.05, 0.1) is 6.20 Å². The maximum Gasteiger partial charge on any atom is 0.302 e. The summed E-state index contributed by atoms with van der Waals surface area (Å²) in [6, 6.07) is 0. The molecule has 2 rings (SSSR count). The molecule has 1 aliphatic heterocycles. The van der Waals surface area contributed by atoms with Crippen molar-refractivity contribution in [3.05, 3.63) is 11.8 Å². The van der Waals surface area contributed by atoms with Crippen LogP contribution < -0.4 is 10.5 Å². The summed E-state index contributed by atoms with van der Waals surface area (Å²) in [5.74, 6) is 0.451. The number of nitrogens with zero attached hydrogens (tertiary/aromatic N) is 3. The Morgan fingerprint density at radius 1 is 1.32 bits per heavy atom. The highest BCUT2D eigenvalue weighted by molar-refractivity contribution is 7.90. The van der Waals surface area contributed by atoms with Crippen LogP contribution in [0.2, 0.25) is 0 Å². The molecular formula is C11H21N5O2S. The lowest BCUT2D eigenvalue weighted by atomic mass is 10.2. The van der Waals surface area contributed by atoms with Crippen LogP contribution in [-0.4, -0.2) is 35.6 Å². The van der Waals surface area contributed by atoms with Crippen molar-refractivity contribution in [3.63, 3.8) is 0 Å². The highest BCUT2D eigenvalue weighted by atomic mass is 32.2. The standard InChI is InChI=1S/C11H21N5O2S/c1-15-11(10(8-12)9-13-15)14-19(17,18)16-6-4-2-3-5-7-16/h9,14H,2-8,12H2,1H3. The van der Waals surface area contributed by atoms with Gasteiger partial charge in [0.1, 0.15) is 5.82 Å². The highest BCUT2D eigenvalue weighted by Crippen LogP contribution is 2.19. The molecular weight excluding hydrogens is 266 g/mol. The van der Waals surface area contributed by atoms with E-state index in [4.69, 9.17) is 5.73 Å². The average molecular weight is 287 g/mol. The quantitative estimate of drug-likeness (QED) is 0.839. The van der Waals surface area contributed by atoms with Crippen LogP contribution in [0.15, 0.2) is 6.20 Å². The fourth-order valence-electron chi connectivity index (χ4n) is 2.23. The highest BCUT2D eigenvalue weighted by Gasteiger charge is 2.24. The van der Waals surface area contributed by atoms with Crippen molar-refractivity contribution < 1.29 is 8.42 Å². The van der Waals surface area contributed by atoms with Gasteiger partial charge < -0.3 is 5.73 Å². The minimum Gasteiger partial charge on any atom is -0.326 e. The first kappa shape index (κ1) is 14.3. The van der Waals surface area contributed by atoms with Crippen LogP contribution in [0.3, 0.4) is 0 Å². The van der Waals surface area contributed by atoms with Crippen molar-refractivity contribution in [1.29, 1.82) is 0 Å². The SMILES string of the molecule is Cn1ncc(CN)c1NS(=O)(=O)N1CCCCCC1. The first-order chi connectivity index (χ1) is 9.04. The summed E-state index contributed by atoms with van der Waals surface area (Å²) in [5, 5.41) is 4.03. The van der Waals surface area contributed by atoms with Gasteiger partial charge in [-0.05, 0) is 12.8 Å². The van der Waals surface area contributed by atoms with Gasteiger partial charge in [-0.2, -0.15) is 17.8 Å². The second-order valence-corrected chi connectivity index (χ2v) is 6.44. The Bertz CT molecular complexity index is 517. The predicted molar refractivity (Wildman–Crippen MR) is 73.7 cm³/mol. The third-order valence-electron chi connectivity index (χ3n) is 3.37. The van der Waals surface area contributed by atoms with E-state index in [9.17, 15) is 8.42 Å². The average Bonchev–Trinajstić information content (AvgIpc) is 2.61. The number of aromatic nitrogens is 2. The molecule has 1 saturated heterocycles. The van der Waals surface area contributed by atoms with Gasteiger partial charge in [-0.1, -0.05) is 12.8 Å². The smallest absolute Gasteiger partial charge is 0.302 e. The molecule has 0 atom stereocenters. The van der Waals surface area contributed by atoms with Crippen molar-refractivity contribution in [2.75, 3.05) is 17.8 Å². The Labute approximate surface area is 113 Å². The summed E-state index contributed by atoms with van der Waals surface area (Å²) in [6.45, 7) is 1.40. The van der Waals surface area contributed by atoms with Crippen LogP contribution in [0.1, 0.15) is 31.2 Å². The van der Waals surface area contributed by atoms with Gasteiger partial charge >= 0.3 is 10.2 Å². The van der Waals surface area contributed by atoms with Gasteiger partial charge in [0, 0.05) is 32.2 Å². The Hall–Kier alpha value is -1.12. The first-order valence-corrected chi connectivity index (χ1v) is 7.97. The number of nitrogens with two attached hydrogens (primary N) is 1. The molecule has 1 aromatic heterocycles. The van der Waals surface area contributed by atoms with E-state index in [1.54, 1.807) is 13.2 Å². The van der Waals surface area contributed by atoms with Crippen molar-refractivity contribution >= 4 is 16.0 Å². The number of aryl methyl sites for hydroxylation is 1. The lowest BCUT2D eigenvalue weighted by Gasteiger charge is -2.21. The van der Waals surface area contributed by atoms with Crippen LogP contribution in [0.25, 0.3) is 0 Å². The fraction of sp³-hybridized carbons (Fsp3) is 0.727. The summed E-state index contributed by atoms with van der Waals surface area (Å²) in [4.78, 5) is 0. The molecule has 0 spiro atoms. The van der Waals surface area contributed by atoms with E-state index in [2.05, 4.69) is 9.82 Å². The van der Waals surface area contributed by atoms with Crippen LogP contribution in [0.5, 0.6) is 0 Å². The Balaban J connectivity index is 2.18. The third kappa shape index (κ3) is 3.26. The minimum atomic E-state index is -3.52. The molecule has 0 bridgehead atoms. The maximum absolute atomic E-state index is 12.4. The van der Waals surface area contributed by atoms with E-state index in [0.717, 1.165) is 25.7 Å². The zero-order valence-corrected chi connectivity index (χ0v) is 12.0. The Morgan fingerprint density at radius 3 is 2.53 bits per heavy atom. The van der Waals surface area contributed by atoms with Gasteiger partial charge in [0.15, 0.2) is 0 Å². The molecule has 1 aromatic rings. The lowest BCUT2D eigenvalue weighted by molar-refractivity contribution is 0.427. The van der Waals surface area contributed by atoms with Crippen molar-refractivity contribution in [2.45, 2.75) is 32.2 Å². The Morgan fingerprint density at radius 2 is 1.95 bits per heavy atom. The number of anilines is 1. The number of hydrogen-bond acceptors (Lipinski definition) is 4. The minimum absolute atomic E-state index is 0.256. The van der Waals surface area contributed by atoms with E-state index in [-0.39, 0.29) is 6.54 Å². The first-order valence-electron chi connectivity index (χ1n) is 6.53. The van der Waals surface area contributed by atoms with E-state index < -0.39 is 10.2 Å². The van der Waals surface area contributed by atoms with Crippen LogP contribution >= 0.6 is 0 Å². The Kier molecular flexibility index (Phi) is 4.43. The summed E-state index contributed by atoms with van der Waals surface area (Å²) in [5.41, 5.74) is 6.28.